The van der Waals surface area contributed by atoms with Gasteiger partial charge in [-0.2, -0.15) is 5.26 Å². The molecule has 0 amide bonds. The molecule has 120 valence electrons. The molecular formula is C20H25N3. The second kappa shape index (κ2) is 8.95. The van der Waals surface area contributed by atoms with Crippen LogP contribution in [0.15, 0.2) is 42.2 Å². The van der Waals surface area contributed by atoms with Crippen molar-refractivity contribution in [3.63, 3.8) is 0 Å². The molecule has 0 aliphatic heterocycles. The van der Waals surface area contributed by atoms with E-state index in [0.717, 1.165) is 37.7 Å². The van der Waals surface area contributed by atoms with Gasteiger partial charge < -0.3 is 5.32 Å². The molecule has 3 nitrogen and oxygen atoms in total. The molecule has 23 heavy (non-hydrogen) atoms. The Morgan fingerprint density at radius 3 is 2.91 bits per heavy atom. The molecule has 2 rings (SSSR count). The lowest BCUT2D eigenvalue weighted by Gasteiger charge is -2.09. The van der Waals surface area contributed by atoms with Crippen molar-refractivity contribution in [1.82, 2.24) is 10.3 Å². The predicted molar refractivity (Wildman–Crippen MR) is 96.0 cm³/mol. The third-order valence-corrected chi connectivity index (χ3v) is 4.16. The molecule has 1 aromatic heterocycles. The maximum Gasteiger partial charge on any atom is 0.0704 e. The maximum absolute atomic E-state index is 8.67. The van der Waals surface area contributed by atoms with Gasteiger partial charge in [0.05, 0.1) is 11.6 Å². The summed E-state index contributed by atoms with van der Waals surface area (Å²) in [6, 6.07) is 10.8. The summed E-state index contributed by atoms with van der Waals surface area (Å²) in [6.45, 7) is 5.20. The SMILES string of the molecule is CC/C(=C/NCCc1ccnc2ccc(CC)cc12)CCC#N. The van der Waals surface area contributed by atoms with Crippen LogP contribution >= 0.6 is 0 Å². The lowest BCUT2D eigenvalue weighted by atomic mass is 10.0. The maximum atomic E-state index is 8.67. The molecule has 0 aliphatic carbocycles. The highest BCUT2D eigenvalue weighted by atomic mass is 14.8. The lowest BCUT2D eigenvalue weighted by Crippen LogP contribution is -2.11. The highest BCUT2D eigenvalue weighted by Crippen LogP contribution is 2.19. The van der Waals surface area contributed by atoms with E-state index in [4.69, 9.17) is 5.26 Å². The van der Waals surface area contributed by atoms with E-state index in [1.165, 1.54) is 22.1 Å². The Kier molecular flexibility index (Phi) is 6.62. The van der Waals surface area contributed by atoms with Gasteiger partial charge in [-0.3, -0.25) is 4.98 Å². The zero-order valence-electron chi connectivity index (χ0n) is 14.1. The minimum Gasteiger partial charge on any atom is -0.391 e. The summed E-state index contributed by atoms with van der Waals surface area (Å²) in [7, 11) is 0. The van der Waals surface area contributed by atoms with Crippen molar-refractivity contribution in [3.05, 3.63) is 53.4 Å². The van der Waals surface area contributed by atoms with Gasteiger partial charge in [0.15, 0.2) is 0 Å². The Hall–Kier alpha value is -2.34. The van der Waals surface area contributed by atoms with Crippen LogP contribution in [0.1, 0.15) is 44.2 Å². The topological polar surface area (TPSA) is 48.7 Å². The summed E-state index contributed by atoms with van der Waals surface area (Å²) in [5, 5.41) is 13.3. The zero-order valence-corrected chi connectivity index (χ0v) is 14.1. The third-order valence-electron chi connectivity index (χ3n) is 4.16. The molecule has 0 unspecified atom stereocenters. The number of allylic oxidation sites excluding steroid dienone is 1. The molecule has 1 heterocycles. The second-order valence-electron chi connectivity index (χ2n) is 5.69. The van der Waals surface area contributed by atoms with Crippen molar-refractivity contribution < 1.29 is 0 Å². The molecule has 0 saturated carbocycles. The highest BCUT2D eigenvalue weighted by Gasteiger charge is 2.03. The summed E-state index contributed by atoms with van der Waals surface area (Å²) < 4.78 is 0. The number of hydrogen-bond donors (Lipinski definition) is 1. The summed E-state index contributed by atoms with van der Waals surface area (Å²) >= 11 is 0. The van der Waals surface area contributed by atoms with Gasteiger partial charge in [0.1, 0.15) is 0 Å². The highest BCUT2D eigenvalue weighted by molar-refractivity contribution is 5.82. The first-order valence-corrected chi connectivity index (χ1v) is 8.43. The smallest absolute Gasteiger partial charge is 0.0704 e. The first-order valence-electron chi connectivity index (χ1n) is 8.43. The molecule has 0 atom stereocenters. The minimum atomic E-state index is 0.593. The molecule has 1 aromatic carbocycles. The summed E-state index contributed by atoms with van der Waals surface area (Å²) in [5.41, 5.74) is 5.06. The molecule has 0 bridgehead atoms. The van der Waals surface area contributed by atoms with E-state index in [1.54, 1.807) is 0 Å². The fourth-order valence-electron chi connectivity index (χ4n) is 2.68. The molecule has 0 aliphatic rings. The number of rotatable bonds is 8. The fourth-order valence-corrected chi connectivity index (χ4v) is 2.68. The molecule has 0 radical (unpaired) electrons. The quantitative estimate of drug-likeness (QED) is 0.729. The van der Waals surface area contributed by atoms with Gasteiger partial charge in [0, 0.05) is 24.5 Å². The number of nitriles is 1. The van der Waals surface area contributed by atoms with Gasteiger partial charge >= 0.3 is 0 Å². The van der Waals surface area contributed by atoms with E-state index in [-0.39, 0.29) is 0 Å². The van der Waals surface area contributed by atoms with Crippen LogP contribution in [0, 0.1) is 11.3 Å². The number of hydrogen-bond acceptors (Lipinski definition) is 3. The monoisotopic (exact) mass is 307 g/mol. The van der Waals surface area contributed by atoms with Crippen molar-refractivity contribution in [3.8, 4) is 6.07 Å². The van der Waals surface area contributed by atoms with E-state index in [2.05, 4.69) is 60.7 Å². The number of aryl methyl sites for hydroxylation is 1. The summed E-state index contributed by atoms with van der Waals surface area (Å²) in [4.78, 5) is 4.46. The first-order chi connectivity index (χ1) is 11.3. The molecule has 0 saturated heterocycles. The van der Waals surface area contributed by atoms with Crippen molar-refractivity contribution in [1.29, 1.82) is 5.26 Å². The van der Waals surface area contributed by atoms with Gasteiger partial charge in [-0.1, -0.05) is 25.5 Å². The number of pyridine rings is 1. The third kappa shape index (κ3) is 4.82. The largest absolute Gasteiger partial charge is 0.391 e. The molecule has 2 aromatic rings. The van der Waals surface area contributed by atoms with Crippen LogP contribution in [0.25, 0.3) is 10.9 Å². The van der Waals surface area contributed by atoms with E-state index >= 15 is 0 Å². The average Bonchev–Trinajstić information content (AvgIpc) is 2.60. The van der Waals surface area contributed by atoms with Crippen LogP contribution in [-0.2, 0) is 12.8 Å². The Bertz CT molecular complexity index is 710. The number of fused-ring (bicyclic) bond motifs is 1. The van der Waals surface area contributed by atoms with Crippen LogP contribution in [0.3, 0.4) is 0 Å². The summed E-state index contributed by atoms with van der Waals surface area (Å²) in [5.74, 6) is 0. The number of nitrogens with zero attached hydrogens (tertiary/aromatic N) is 2. The van der Waals surface area contributed by atoms with Crippen LogP contribution < -0.4 is 5.32 Å². The van der Waals surface area contributed by atoms with E-state index in [9.17, 15) is 0 Å². The molecule has 1 N–H and O–H groups in total. The average molecular weight is 307 g/mol. The van der Waals surface area contributed by atoms with E-state index < -0.39 is 0 Å². The van der Waals surface area contributed by atoms with Crippen LogP contribution in [0.4, 0.5) is 0 Å². The molecular weight excluding hydrogens is 282 g/mol. The Balaban J connectivity index is 2.02. The van der Waals surface area contributed by atoms with Gasteiger partial charge in [0.25, 0.3) is 0 Å². The van der Waals surface area contributed by atoms with Gasteiger partial charge in [-0.15, -0.1) is 0 Å². The van der Waals surface area contributed by atoms with Crippen LogP contribution in [0.5, 0.6) is 0 Å². The molecule has 0 fully saturated rings. The standard InChI is InChI=1S/C20H25N3/c1-3-16-7-8-20-19(14-16)18(10-13-23-20)9-12-22-15-17(4-2)6-5-11-21/h7-8,10,13-15,22H,3-6,9,12H2,1-2H3/b17-15-. The zero-order chi connectivity index (χ0) is 16.5. The van der Waals surface area contributed by atoms with Gasteiger partial charge in [-0.05, 0) is 61.2 Å². The van der Waals surface area contributed by atoms with Gasteiger partial charge in [0.2, 0.25) is 0 Å². The second-order valence-corrected chi connectivity index (χ2v) is 5.69. The van der Waals surface area contributed by atoms with Crippen molar-refractivity contribution >= 4 is 10.9 Å². The Morgan fingerprint density at radius 1 is 1.30 bits per heavy atom. The Labute approximate surface area is 139 Å². The Morgan fingerprint density at radius 2 is 2.17 bits per heavy atom. The van der Waals surface area contributed by atoms with Crippen molar-refractivity contribution in [2.45, 2.75) is 46.0 Å². The van der Waals surface area contributed by atoms with Gasteiger partial charge in [-0.25, -0.2) is 0 Å². The minimum absolute atomic E-state index is 0.593. The van der Waals surface area contributed by atoms with Crippen molar-refractivity contribution in [2.75, 3.05) is 6.54 Å². The lowest BCUT2D eigenvalue weighted by molar-refractivity contribution is 0.804. The van der Waals surface area contributed by atoms with Crippen LogP contribution in [0.2, 0.25) is 0 Å². The number of benzene rings is 1. The fraction of sp³-hybridized carbons (Fsp3) is 0.400. The number of aromatic nitrogens is 1. The van der Waals surface area contributed by atoms with Crippen LogP contribution in [-0.4, -0.2) is 11.5 Å². The van der Waals surface area contributed by atoms with Crippen molar-refractivity contribution in [2.24, 2.45) is 0 Å². The first kappa shape index (κ1) is 17.0. The predicted octanol–water partition coefficient (Wildman–Crippen LogP) is 4.53. The van der Waals surface area contributed by atoms with E-state index in [0.29, 0.717) is 6.42 Å². The van der Waals surface area contributed by atoms with E-state index in [1.807, 2.05) is 6.20 Å². The summed E-state index contributed by atoms with van der Waals surface area (Å²) in [6.07, 6.45) is 8.44. The molecule has 0 spiro atoms. The number of nitrogens with one attached hydrogen (secondary N) is 1. The molecule has 3 heteroatoms. The normalized spacial score (nSPS) is 11.4.